The molecule has 1 heterocycles. The van der Waals surface area contributed by atoms with Crippen molar-refractivity contribution in [2.24, 2.45) is 5.10 Å². The van der Waals surface area contributed by atoms with Crippen LogP contribution in [0.5, 0.6) is 11.5 Å². The Morgan fingerprint density at radius 2 is 1.72 bits per heavy atom. The van der Waals surface area contributed by atoms with Crippen LogP contribution in [0.3, 0.4) is 0 Å². The quantitative estimate of drug-likeness (QED) is 0.368. The number of hydrogen-bond donors (Lipinski definition) is 0. The highest BCUT2D eigenvalue weighted by Crippen LogP contribution is 2.31. The van der Waals surface area contributed by atoms with Crippen LogP contribution in [0.25, 0.3) is 6.08 Å². The molecule has 0 atom stereocenters. The van der Waals surface area contributed by atoms with Crippen LogP contribution in [0.15, 0.2) is 87.9 Å². The van der Waals surface area contributed by atoms with Crippen LogP contribution in [0.1, 0.15) is 25.0 Å². The van der Waals surface area contributed by atoms with Crippen LogP contribution in [-0.2, 0) is 11.4 Å². The lowest BCUT2D eigenvalue weighted by Crippen LogP contribution is -2.21. The summed E-state index contributed by atoms with van der Waals surface area (Å²) in [5, 5.41) is 5.87. The highest BCUT2D eigenvalue weighted by atomic mass is 79.9. The van der Waals surface area contributed by atoms with Crippen molar-refractivity contribution in [3.8, 4) is 11.5 Å². The standard InChI is InChI=1S/C26H23BrN2O3/c1-3-31-25-16-20(11-14-24(25)32-17-19-9-12-21(27)13-10-19)15-23-18(2)28-29(26(23)30)22-7-5-4-6-8-22/h4-16H,3,17H2,1-2H3. The average Bonchev–Trinajstić information content (AvgIpc) is 3.09. The van der Waals surface area contributed by atoms with Gasteiger partial charge < -0.3 is 9.47 Å². The van der Waals surface area contributed by atoms with E-state index in [4.69, 9.17) is 9.47 Å². The molecule has 32 heavy (non-hydrogen) atoms. The van der Waals surface area contributed by atoms with Gasteiger partial charge >= 0.3 is 0 Å². The van der Waals surface area contributed by atoms with Crippen molar-refractivity contribution in [1.29, 1.82) is 0 Å². The summed E-state index contributed by atoms with van der Waals surface area (Å²) in [4.78, 5) is 13.0. The molecule has 0 aromatic heterocycles. The van der Waals surface area contributed by atoms with Crippen molar-refractivity contribution in [2.75, 3.05) is 11.6 Å². The number of hydrogen-bond acceptors (Lipinski definition) is 4. The predicted molar refractivity (Wildman–Crippen MR) is 131 cm³/mol. The molecule has 0 unspecified atom stereocenters. The van der Waals surface area contributed by atoms with Gasteiger partial charge in [-0.15, -0.1) is 0 Å². The zero-order valence-corrected chi connectivity index (χ0v) is 19.5. The van der Waals surface area contributed by atoms with E-state index in [2.05, 4.69) is 21.0 Å². The molecule has 0 saturated carbocycles. The predicted octanol–water partition coefficient (Wildman–Crippen LogP) is 6.23. The molecular weight excluding hydrogens is 468 g/mol. The smallest absolute Gasteiger partial charge is 0.280 e. The molecule has 0 saturated heterocycles. The van der Waals surface area contributed by atoms with E-state index in [0.29, 0.717) is 36.0 Å². The molecule has 1 aliphatic heterocycles. The largest absolute Gasteiger partial charge is 0.490 e. The summed E-state index contributed by atoms with van der Waals surface area (Å²) in [5.74, 6) is 1.15. The van der Waals surface area contributed by atoms with Gasteiger partial charge in [-0.1, -0.05) is 52.3 Å². The number of carbonyl (C=O) groups is 1. The lowest BCUT2D eigenvalue weighted by atomic mass is 10.1. The SMILES string of the molecule is CCOc1cc(C=C2C(=O)N(c3ccccc3)N=C2C)ccc1OCc1ccc(Br)cc1. The molecule has 0 aliphatic carbocycles. The molecule has 0 N–H and O–H groups in total. The molecule has 6 heteroatoms. The summed E-state index contributed by atoms with van der Waals surface area (Å²) >= 11 is 3.44. The van der Waals surface area contributed by atoms with Gasteiger partial charge in [-0.2, -0.15) is 10.1 Å². The van der Waals surface area contributed by atoms with Crippen molar-refractivity contribution in [2.45, 2.75) is 20.5 Å². The third-order valence-corrected chi connectivity index (χ3v) is 5.48. The van der Waals surface area contributed by atoms with Gasteiger partial charge in [0.05, 0.1) is 23.6 Å². The Morgan fingerprint density at radius 3 is 2.44 bits per heavy atom. The topological polar surface area (TPSA) is 51.1 Å². The molecule has 3 aromatic carbocycles. The Balaban J connectivity index is 1.55. The van der Waals surface area contributed by atoms with Crippen molar-refractivity contribution in [1.82, 2.24) is 0 Å². The maximum atomic E-state index is 13.0. The van der Waals surface area contributed by atoms with Gasteiger partial charge in [0.2, 0.25) is 0 Å². The molecule has 0 radical (unpaired) electrons. The van der Waals surface area contributed by atoms with Gasteiger partial charge in [0, 0.05) is 4.47 Å². The summed E-state index contributed by atoms with van der Waals surface area (Å²) in [5.41, 5.74) is 3.88. The second-order valence-electron chi connectivity index (χ2n) is 7.25. The summed E-state index contributed by atoms with van der Waals surface area (Å²) in [6, 6.07) is 23.1. The van der Waals surface area contributed by atoms with Gasteiger partial charge in [0.15, 0.2) is 11.5 Å². The van der Waals surface area contributed by atoms with E-state index in [0.717, 1.165) is 21.3 Å². The Morgan fingerprint density at radius 1 is 0.969 bits per heavy atom. The molecule has 0 bridgehead atoms. The maximum absolute atomic E-state index is 13.0. The van der Waals surface area contributed by atoms with Crippen molar-refractivity contribution in [3.05, 3.63) is 94.0 Å². The highest BCUT2D eigenvalue weighted by molar-refractivity contribution is 9.10. The number of halogens is 1. The Labute approximate surface area is 196 Å². The zero-order valence-electron chi connectivity index (χ0n) is 17.9. The van der Waals surface area contributed by atoms with Gasteiger partial charge in [-0.05, 0) is 67.4 Å². The summed E-state index contributed by atoms with van der Waals surface area (Å²) in [6.45, 7) is 4.71. The molecule has 162 valence electrons. The van der Waals surface area contributed by atoms with E-state index >= 15 is 0 Å². The fourth-order valence-electron chi connectivity index (χ4n) is 3.34. The van der Waals surface area contributed by atoms with E-state index < -0.39 is 0 Å². The van der Waals surface area contributed by atoms with Crippen LogP contribution in [0.4, 0.5) is 5.69 Å². The minimum absolute atomic E-state index is 0.151. The first-order valence-electron chi connectivity index (χ1n) is 10.4. The van der Waals surface area contributed by atoms with Crippen LogP contribution in [0.2, 0.25) is 0 Å². The molecule has 1 amide bonds. The molecule has 0 spiro atoms. The minimum Gasteiger partial charge on any atom is -0.490 e. The number of benzene rings is 3. The number of nitrogens with zero attached hydrogens (tertiary/aromatic N) is 2. The molecular formula is C26H23BrN2O3. The Bertz CT molecular complexity index is 1170. The van der Waals surface area contributed by atoms with E-state index in [-0.39, 0.29) is 5.91 Å². The number of hydrazone groups is 1. The van der Waals surface area contributed by atoms with Gasteiger partial charge in [0.1, 0.15) is 6.61 Å². The Hall–Kier alpha value is -3.38. The van der Waals surface area contributed by atoms with Crippen LogP contribution >= 0.6 is 15.9 Å². The molecule has 4 rings (SSSR count). The number of ether oxygens (including phenoxy) is 2. The fourth-order valence-corrected chi connectivity index (χ4v) is 3.60. The van der Waals surface area contributed by atoms with Gasteiger partial charge in [-0.3, -0.25) is 4.79 Å². The lowest BCUT2D eigenvalue weighted by Gasteiger charge is -2.13. The summed E-state index contributed by atoms with van der Waals surface area (Å²) < 4.78 is 12.8. The van der Waals surface area contributed by atoms with E-state index in [1.165, 1.54) is 5.01 Å². The first-order chi connectivity index (χ1) is 15.5. The normalized spacial score (nSPS) is 14.6. The summed E-state index contributed by atoms with van der Waals surface area (Å²) in [6.07, 6.45) is 1.84. The Kier molecular flexibility index (Phi) is 6.71. The van der Waals surface area contributed by atoms with Crippen molar-refractivity contribution < 1.29 is 14.3 Å². The van der Waals surface area contributed by atoms with Crippen LogP contribution in [-0.4, -0.2) is 18.2 Å². The fraction of sp³-hybridized carbons (Fsp3) is 0.154. The summed E-state index contributed by atoms with van der Waals surface area (Å²) in [7, 11) is 0. The van der Waals surface area contributed by atoms with Crippen molar-refractivity contribution >= 4 is 39.3 Å². The van der Waals surface area contributed by atoms with Gasteiger partial charge in [-0.25, -0.2) is 0 Å². The molecule has 1 aliphatic rings. The third kappa shape index (κ3) is 4.92. The molecule has 3 aromatic rings. The number of para-hydroxylation sites is 1. The third-order valence-electron chi connectivity index (χ3n) is 4.95. The number of anilines is 1. The van der Waals surface area contributed by atoms with E-state index in [9.17, 15) is 4.79 Å². The van der Waals surface area contributed by atoms with Gasteiger partial charge in [0.25, 0.3) is 5.91 Å². The monoisotopic (exact) mass is 490 g/mol. The molecule has 5 nitrogen and oxygen atoms in total. The minimum atomic E-state index is -0.151. The maximum Gasteiger partial charge on any atom is 0.280 e. The van der Waals surface area contributed by atoms with E-state index in [1.807, 2.05) is 92.7 Å². The lowest BCUT2D eigenvalue weighted by molar-refractivity contribution is -0.114. The molecule has 0 fully saturated rings. The number of amides is 1. The zero-order chi connectivity index (χ0) is 22.5. The van der Waals surface area contributed by atoms with E-state index in [1.54, 1.807) is 0 Å². The van der Waals surface area contributed by atoms with Crippen molar-refractivity contribution in [3.63, 3.8) is 0 Å². The number of carbonyl (C=O) groups excluding carboxylic acids is 1. The van der Waals surface area contributed by atoms with Crippen LogP contribution < -0.4 is 14.5 Å². The van der Waals surface area contributed by atoms with Crippen LogP contribution in [0, 0.1) is 0 Å². The number of rotatable bonds is 7. The highest BCUT2D eigenvalue weighted by Gasteiger charge is 2.28. The average molecular weight is 491 g/mol. The second kappa shape index (κ2) is 9.83. The second-order valence-corrected chi connectivity index (χ2v) is 8.17. The first kappa shape index (κ1) is 21.8. The first-order valence-corrected chi connectivity index (χ1v) is 11.2.